The maximum atomic E-state index is 12.1. The van der Waals surface area contributed by atoms with E-state index >= 15 is 0 Å². The number of rotatable bonds is 6. The van der Waals surface area contributed by atoms with Gasteiger partial charge in [-0.15, -0.1) is 23.7 Å². The van der Waals surface area contributed by atoms with E-state index in [0.29, 0.717) is 11.7 Å². The van der Waals surface area contributed by atoms with Crippen LogP contribution in [-0.2, 0) is 11.3 Å². The van der Waals surface area contributed by atoms with Gasteiger partial charge < -0.3 is 10.6 Å². The molecule has 1 saturated heterocycles. The summed E-state index contributed by atoms with van der Waals surface area (Å²) in [6.07, 6.45) is 1.86. The van der Waals surface area contributed by atoms with Crippen LogP contribution in [0, 0.1) is 0 Å². The molecule has 0 radical (unpaired) electrons. The smallest absolute Gasteiger partial charge is 0.236 e. The number of nitrogens with two attached hydrogens (primary N) is 1. The molecule has 1 aliphatic heterocycles. The molecule has 0 spiro atoms. The lowest BCUT2D eigenvalue weighted by Crippen LogP contribution is -2.49. The van der Waals surface area contributed by atoms with Crippen molar-refractivity contribution in [1.29, 1.82) is 0 Å². The van der Waals surface area contributed by atoms with Gasteiger partial charge >= 0.3 is 0 Å². The van der Waals surface area contributed by atoms with Gasteiger partial charge in [-0.2, -0.15) is 0 Å². The number of likely N-dealkylation sites (N-methyl/N-ethyl adjacent to an activating group) is 1. The summed E-state index contributed by atoms with van der Waals surface area (Å²) >= 11 is 1.55. The zero-order chi connectivity index (χ0) is 15.2. The Kier molecular flexibility index (Phi) is 8.09. The molecule has 2 heterocycles. The molecule has 2 rings (SSSR count). The number of anilines is 1. The lowest BCUT2D eigenvalue weighted by Gasteiger charge is -2.34. The van der Waals surface area contributed by atoms with Crippen LogP contribution in [0.3, 0.4) is 0 Å². The molecule has 2 N–H and O–H groups in total. The third-order valence-corrected chi connectivity index (χ3v) is 4.70. The second-order valence-electron chi connectivity index (χ2n) is 5.28. The highest BCUT2D eigenvalue weighted by molar-refractivity contribution is 7.15. The first-order valence-corrected chi connectivity index (χ1v) is 8.36. The Morgan fingerprint density at radius 2 is 1.86 bits per heavy atom. The van der Waals surface area contributed by atoms with Gasteiger partial charge in [0.05, 0.1) is 6.54 Å². The second kappa shape index (κ2) is 9.29. The van der Waals surface area contributed by atoms with Crippen molar-refractivity contribution >= 4 is 34.8 Å². The molecule has 0 aliphatic carbocycles. The molecule has 0 aromatic carbocycles. The van der Waals surface area contributed by atoms with Crippen LogP contribution in [0.15, 0.2) is 6.20 Å². The number of nitrogens with zero attached hydrogens (tertiary/aromatic N) is 4. The van der Waals surface area contributed by atoms with E-state index < -0.39 is 0 Å². The topological polar surface area (TPSA) is 65.7 Å². The van der Waals surface area contributed by atoms with Gasteiger partial charge in [-0.05, 0) is 13.8 Å². The highest BCUT2D eigenvalue weighted by Crippen LogP contribution is 2.17. The van der Waals surface area contributed by atoms with Crippen molar-refractivity contribution in [1.82, 2.24) is 19.7 Å². The molecule has 1 aromatic rings. The second-order valence-corrected chi connectivity index (χ2v) is 6.43. The summed E-state index contributed by atoms with van der Waals surface area (Å²) < 4.78 is 0. The summed E-state index contributed by atoms with van der Waals surface area (Å²) in [7, 11) is 0. The fraction of sp³-hybridized carbons (Fsp3) is 0.714. The maximum Gasteiger partial charge on any atom is 0.236 e. The number of nitrogen functional groups attached to an aromatic ring is 1. The lowest BCUT2D eigenvalue weighted by molar-refractivity contribution is -0.132. The van der Waals surface area contributed by atoms with Gasteiger partial charge in [-0.1, -0.05) is 0 Å². The van der Waals surface area contributed by atoms with E-state index in [2.05, 4.69) is 14.8 Å². The van der Waals surface area contributed by atoms with Crippen LogP contribution in [0.1, 0.15) is 18.7 Å². The molecule has 1 aromatic heterocycles. The van der Waals surface area contributed by atoms with E-state index in [1.807, 2.05) is 24.9 Å². The predicted octanol–water partition coefficient (Wildman–Crippen LogP) is 1.13. The molecule has 1 aliphatic rings. The Morgan fingerprint density at radius 3 is 2.36 bits per heavy atom. The number of aromatic nitrogens is 1. The molecule has 6 nitrogen and oxygen atoms in total. The van der Waals surface area contributed by atoms with Crippen molar-refractivity contribution in [2.24, 2.45) is 0 Å². The first-order valence-electron chi connectivity index (χ1n) is 7.55. The number of hydrogen-bond donors (Lipinski definition) is 1. The van der Waals surface area contributed by atoms with E-state index in [0.717, 1.165) is 45.8 Å². The van der Waals surface area contributed by atoms with Gasteiger partial charge in [0, 0.05) is 56.9 Å². The van der Waals surface area contributed by atoms with Crippen LogP contribution in [0.5, 0.6) is 0 Å². The highest BCUT2D eigenvalue weighted by Gasteiger charge is 2.21. The normalized spacial score (nSPS) is 16.3. The molecule has 8 heteroatoms. The average molecular weight is 348 g/mol. The van der Waals surface area contributed by atoms with Crippen LogP contribution in [-0.4, -0.2) is 71.4 Å². The number of halogens is 1. The van der Waals surface area contributed by atoms with E-state index in [1.54, 1.807) is 11.3 Å². The van der Waals surface area contributed by atoms with Crippen molar-refractivity contribution in [3.8, 4) is 0 Å². The molecule has 1 fully saturated rings. The van der Waals surface area contributed by atoms with Gasteiger partial charge in [0.2, 0.25) is 5.91 Å². The SMILES string of the molecule is CCN(CC)C(=O)CN1CCN(Cc2cnc(N)s2)CC1.Cl. The number of piperazine rings is 1. The van der Waals surface area contributed by atoms with Crippen LogP contribution < -0.4 is 5.73 Å². The standard InChI is InChI=1S/C14H25N5OS.ClH/c1-3-19(4-2)13(20)11-18-7-5-17(6-8-18)10-12-9-16-14(15)21-12;/h9H,3-8,10-11H2,1-2H3,(H2,15,16);1H. The summed E-state index contributed by atoms with van der Waals surface area (Å²) in [6.45, 7) is 11.0. The van der Waals surface area contributed by atoms with E-state index in [4.69, 9.17) is 5.73 Å². The number of amides is 1. The average Bonchev–Trinajstić information content (AvgIpc) is 2.88. The van der Waals surface area contributed by atoms with E-state index in [-0.39, 0.29) is 18.3 Å². The summed E-state index contributed by atoms with van der Waals surface area (Å²) in [6, 6.07) is 0. The fourth-order valence-electron chi connectivity index (χ4n) is 2.59. The Balaban J connectivity index is 0.00000242. The monoisotopic (exact) mass is 347 g/mol. The largest absolute Gasteiger partial charge is 0.375 e. The minimum atomic E-state index is 0. The molecule has 0 bridgehead atoms. The molecule has 0 atom stereocenters. The molecule has 126 valence electrons. The number of carbonyl (C=O) groups excluding carboxylic acids is 1. The Bertz CT molecular complexity index is 458. The zero-order valence-electron chi connectivity index (χ0n) is 13.3. The van der Waals surface area contributed by atoms with Crippen LogP contribution >= 0.6 is 23.7 Å². The van der Waals surface area contributed by atoms with Gasteiger partial charge in [-0.25, -0.2) is 4.98 Å². The predicted molar refractivity (Wildman–Crippen MR) is 93.4 cm³/mol. The van der Waals surface area contributed by atoms with Crippen LogP contribution in [0.2, 0.25) is 0 Å². The molecular formula is C14H26ClN5OS. The number of thiazole rings is 1. The quantitative estimate of drug-likeness (QED) is 0.835. The molecular weight excluding hydrogens is 322 g/mol. The van der Waals surface area contributed by atoms with E-state index in [9.17, 15) is 4.79 Å². The third-order valence-electron chi connectivity index (χ3n) is 3.89. The Hall–Kier alpha value is -0.890. The summed E-state index contributed by atoms with van der Waals surface area (Å²) in [5.41, 5.74) is 5.65. The number of carbonyl (C=O) groups is 1. The van der Waals surface area contributed by atoms with Crippen molar-refractivity contribution in [2.75, 3.05) is 51.5 Å². The van der Waals surface area contributed by atoms with Gasteiger partial charge in [0.1, 0.15) is 0 Å². The molecule has 0 saturated carbocycles. The maximum absolute atomic E-state index is 12.1. The van der Waals surface area contributed by atoms with Crippen molar-refractivity contribution < 1.29 is 4.79 Å². The van der Waals surface area contributed by atoms with Crippen molar-refractivity contribution in [2.45, 2.75) is 20.4 Å². The summed E-state index contributed by atoms with van der Waals surface area (Å²) in [5.74, 6) is 0.240. The molecule has 1 amide bonds. The van der Waals surface area contributed by atoms with Gasteiger partial charge in [0.15, 0.2) is 5.13 Å². The van der Waals surface area contributed by atoms with Crippen molar-refractivity contribution in [3.05, 3.63) is 11.1 Å². The third kappa shape index (κ3) is 5.39. The molecule has 22 heavy (non-hydrogen) atoms. The minimum absolute atomic E-state index is 0. The summed E-state index contributed by atoms with van der Waals surface area (Å²) in [5, 5.41) is 0.633. The first-order chi connectivity index (χ1) is 10.1. The Labute approximate surface area is 142 Å². The highest BCUT2D eigenvalue weighted by atomic mass is 35.5. The lowest BCUT2D eigenvalue weighted by atomic mass is 10.3. The van der Waals surface area contributed by atoms with E-state index in [1.165, 1.54) is 4.88 Å². The fourth-order valence-corrected chi connectivity index (χ4v) is 3.32. The van der Waals surface area contributed by atoms with Crippen LogP contribution in [0.25, 0.3) is 0 Å². The van der Waals surface area contributed by atoms with Gasteiger partial charge in [-0.3, -0.25) is 14.6 Å². The molecule has 0 unspecified atom stereocenters. The minimum Gasteiger partial charge on any atom is -0.375 e. The zero-order valence-corrected chi connectivity index (χ0v) is 15.0. The van der Waals surface area contributed by atoms with Gasteiger partial charge in [0.25, 0.3) is 0 Å². The number of hydrogen-bond acceptors (Lipinski definition) is 6. The first kappa shape index (κ1) is 19.2. The van der Waals surface area contributed by atoms with Crippen molar-refractivity contribution in [3.63, 3.8) is 0 Å². The Morgan fingerprint density at radius 1 is 1.27 bits per heavy atom. The summed E-state index contributed by atoms with van der Waals surface area (Å²) in [4.78, 5) is 23.9. The van der Waals surface area contributed by atoms with Crippen LogP contribution in [0.4, 0.5) is 5.13 Å².